The molecule has 30 heavy (non-hydrogen) atoms. The zero-order valence-corrected chi connectivity index (χ0v) is 16.2. The minimum atomic E-state index is -0.973. The maximum Gasteiger partial charge on any atom is 0.335 e. The number of benzene rings is 3. The van der Waals surface area contributed by atoms with Crippen LogP contribution in [-0.2, 0) is 6.61 Å². The van der Waals surface area contributed by atoms with Gasteiger partial charge in [-0.1, -0.05) is 36.4 Å². The molecule has 0 saturated carbocycles. The molecule has 0 spiro atoms. The summed E-state index contributed by atoms with van der Waals surface area (Å²) in [5.41, 5.74) is 4.59. The van der Waals surface area contributed by atoms with Crippen LogP contribution < -0.4 is 14.9 Å². The highest BCUT2D eigenvalue weighted by molar-refractivity contribution is 5.97. The molecule has 0 atom stereocenters. The minimum absolute atomic E-state index is 0.220. The van der Waals surface area contributed by atoms with Crippen LogP contribution in [0.1, 0.15) is 31.8 Å². The Bertz CT molecular complexity index is 1060. The van der Waals surface area contributed by atoms with Crippen molar-refractivity contribution in [2.75, 3.05) is 7.11 Å². The van der Waals surface area contributed by atoms with E-state index in [1.165, 1.54) is 25.5 Å². The molecule has 3 aromatic carbocycles. The van der Waals surface area contributed by atoms with E-state index in [4.69, 9.17) is 14.6 Å². The van der Waals surface area contributed by atoms with Gasteiger partial charge >= 0.3 is 5.97 Å². The second kappa shape index (κ2) is 9.88. The molecule has 3 rings (SSSR count). The van der Waals surface area contributed by atoms with Gasteiger partial charge in [0.2, 0.25) is 0 Å². The molecule has 2 N–H and O–H groups in total. The predicted octanol–water partition coefficient (Wildman–Crippen LogP) is 3.74. The molecule has 0 bridgehead atoms. The summed E-state index contributed by atoms with van der Waals surface area (Å²) in [6.45, 7) is 0.262. The largest absolute Gasteiger partial charge is 0.496 e. The Balaban J connectivity index is 1.64. The number of amides is 1. The lowest BCUT2D eigenvalue weighted by atomic mass is 10.1. The topological polar surface area (TPSA) is 97.2 Å². The molecular formula is C23H20N2O5. The molecule has 0 heterocycles. The van der Waals surface area contributed by atoms with Crippen LogP contribution in [0.3, 0.4) is 0 Å². The first-order chi connectivity index (χ1) is 14.6. The van der Waals surface area contributed by atoms with E-state index in [0.29, 0.717) is 22.6 Å². The van der Waals surface area contributed by atoms with E-state index >= 15 is 0 Å². The zero-order chi connectivity index (χ0) is 21.3. The van der Waals surface area contributed by atoms with Gasteiger partial charge in [0, 0.05) is 5.56 Å². The summed E-state index contributed by atoms with van der Waals surface area (Å²) in [5, 5.41) is 13.0. The van der Waals surface area contributed by atoms with Crippen LogP contribution in [0.25, 0.3) is 0 Å². The fraction of sp³-hybridized carbons (Fsp3) is 0.0870. The number of hydrazone groups is 1. The Morgan fingerprint density at radius 3 is 2.33 bits per heavy atom. The van der Waals surface area contributed by atoms with Gasteiger partial charge in [-0.25, -0.2) is 10.2 Å². The third kappa shape index (κ3) is 5.23. The van der Waals surface area contributed by atoms with Crippen molar-refractivity contribution < 1.29 is 24.2 Å². The fourth-order valence-electron chi connectivity index (χ4n) is 2.68. The van der Waals surface area contributed by atoms with E-state index in [9.17, 15) is 9.59 Å². The monoisotopic (exact) mass is 404 g/mol. The summed E-state index contributed by atoms with van der Waals surface area (Å²) in [5.74, 6) is -0.322. The summed E-state index contributed by atoms with van der Waals surface area (Å²) in [6.07, 6.45) is 1.50. The van der Waals surface area contributed by atoms with Gasteiger partial charge in [-0.3, -0.25) is 4.79 Å². The second-order valence-corrected chi connectivity index (χ2v) is 6.23. The molecule has 3 aromatic rings. The van der Waals surface area contributed by atoms with Crippen LogP contribution in [-0.4, -0.2) is 30.3 Å². The van der Waals surface area contributed by atoms with E-state index < -0.39 is 5.97 Å². The number of nitrogens with one attached hydrogen (secondary N) is 1. The SMILES string of the molecule is COc1ccccc1C(=O)N/N=C\c1ccccc1OCc1ccc(C(=O)O)cc1. The molecule has 7 nitrogen and oxygen atoms in total. The third-order valence-electron chi connectivity index (χ3n) is 4.24. The first kappa shape index (κ1) is 20.6. The molecule has 152 valence electrons. The van der Waals surface area contributed by atoms with E-state index in [-0.39, 0.29) is 18.1 Å². The first-order valence-electron chi connectivity index (χ1n) is 9.09. The number of carboxylic acids is 1. The number of carbonyl (C=O) groups excluding carboxylic acids is 1. The number of nitrogens with zero attached hydrogens (tertiary/aromatic N) is 1. The number of rotatable bonds is 8. The van der Waals surface area contributed by atoms with E-state index in [0.717, 1.165) is 5.56 Å². The number of hydrogen-bond donors (Lipinski definition) is 2. The number of hydrogen-bond acceptors (Lipinski definition) is 5. The van der Waals surface area contributed by atoms with Crippen molar-refractivity contribution in [2.45, 2.75) is 6.61 Å². The summed E-state index contributed by atoms with van der Waals surface area (Å²) in [7, 11) is 1.50. The quantitative estimate of drug-likeness (QED) is 0.440. The lowest BCUT2D eigenvalue weighted by molar-refractivity contribution is 0.0696. The number of para-hydroxylation sites is 2. The molecule has 0 fully saturated rings. The normalized spacial score (nSPS) is 10.6. The van der Waals surface area contributed by atoms with E-state index in [2.05, 4.69) is 10.5 Å². The van der Waals surface area contributed by atoms with Crippen molar-refractivity contribution in [3.63, 3.8) is 0 Å². The molecule has 0 saturated heterocycles. The van der Waals surface area contributed by atoms with Crippen molar-refractivity contribution >= 4 is 18.1 Å². The number of aromatic carboxylic acids is 1. The first-order valence-corrected chi connectivity index (χ1v) is 9.09. The Labute approximate surface area is 173 Å². The second-order valence-electron chi connectivity index (χ2n) is 6.23. The molecule has 0 radical (unpaired) electrons. The van der Waals surface area contributed by atoms with Crippen molar-refractivity contribution in [3.05, 3.63) is 95.1 Å². The van der Waals surface area contributed by atoms with Gasteiger partial charge in [-0.2, -0.15) is 5.10 Å². The molecule has 0 aliphatic carbocycles. The van der Waals surface area contributed by atoms with E-state index in [1.54, 1.807) is 42.5 Å². The lowest BCUT2D eigenvalue weighted by Gasteiger charge is -2.09. The summed E-state index contributed by atoms with van der Waals surface area (Å²) in [4.78, 5) is 23.2. The van der Waals surface area contributed by atoms with Crippen LogP contribution in [0, 0.1) is 0 Å². The summed E-state index contributed by atoms with van der Waals surface area (Å²) in [6, 6.07) is 20.6. The molecule has 1 amide bonds. The highest BCUT2D eigenvalue weighted by Gasteiger charge is 2.10. The predicted molar refractivity (Wildman–Crippen MR) is 112 cm³/mol. The standard InChI is InChI=1S/C23H20N2O5/c1-29-21-9-5-3-7-19(21)22(26)25-24-14-18-6-2-4-8-20(18)30-15-16-10-12-17(13-11-16)23(27)28/h2-14H,15H2,1H3,(H,25,26)(H,27,28)/b24-14-. The smallest absolute Gasteiger partial charge is 0.335 e. The number of carbonyl (C=O) groups is 2. The maximum atomic E-state index is 12.3. The Morgan fingerprint density at radius 1 is 0.967 bits per heavy atom. The molecular weight excluding hydrogens is 384 g/mol. The van der Waals surface area contributed by atoms with Crippen molar-refractivity contribution in [3.8, 4) is 11.5 Å². The van der Waals surface area contributed by atoms with E-state index in [1.807, 2.05) is 18.2 Å². The van der Waals surface area contributed by atoms with Crippen molar-refractivity contribution in [1.82, 2.24) is 5.43 Å². The van der Waals surface area contributed by atoms with Crippen molar-refractivity contribution in [2.24, 2.45) is 5.10 Å². The zero-order valence-electron chi connectivity index (χ0n) is 16.2. The highest BCUT2D eigenvalue weighted by Crippen LogP contribution is 2.19. The van der Waals surface area contributed by atoms with Crippen LogP contribution in [0.4, 0.5) is 0 Å². The van der Waals surface area contributed by atoms with Crippen LogP contribution in [0.15, 0.2) is 77.9 Å². The van der Waals surface area contributed by atoms with Crippen molar-refractivity contribution in [1.29, 1.82) is 0 Å². The maximum absolute atomic E-state index is 12.3. The summed E-state index contributed by atoms with van der Waals surface area (Å²) >= 11 is 0. The summed E-state index contributed by atoms with van der Waals surface area (Å²) < 4.78 is 11.0. The third-order valence-corrected chi connectivity index (χ3v) is 4.24. The van der Waals surface area contributed by atoms with Crippen LogP contribution >= 0.6 is 0 Å². The Kier molecular flexibility index (Phi) is 6.78. The van der Waals surface area contributed by atoms with Gasteiger partial charge in [0.05, 0.1) is 24.5 Å². The van der Waals surface area contributed by atoms with Gasteiger partial charge < -0.3 is 14.6 Å². The number of carboxylic acid groups (broad SMARTS) is 1. The van der Waals surface area contributed by atoms with Crippen LogP contribution in [0.2, 0.25) is 0 Å². The Morgan fingerprint density at radius 2 is 1.63 bits per heavy atom. The molecule has 0 aromatic heterocycles. The number of methoxy groups -OCH3 is 1. The highest BCUT2D eigenvalue weighted by atomic mass is 16.5. The van der Waals surface area contributed by atoms with Gasteiger partial charge in [-0.05, 0) is 42.0 Å². The lowest BCUT2D eigenvalue weighted by Crippen LogP contribution is -2.18. The average Bonchev–Trinajstić information content (AvgIpc) is 2.78. The molecule has 0 aliphatic heterocycles. The van der Waals surface area contributed by atoms with Crippen LogP contribution in [0.5, 0.6) is 11.5 Å². The van der Waals surface area contributed by atoms with Gasteiger partial charge in [0.1, 0.15) is 18.1 Å². The van der Waals surface area contributed by atoms with Gasteiger partial charge in [0.25, 0.3) is 5.91 Å². The average molecular weight is 404 g/mol. The van der Waals surface area contributed by atoms with Gasteiger partial charge in [-0.15, -0.1) is 0 Å². The number of ether oxygens (including phenoxy) is 2. The van der Waals surface area contributed by atoms with Gasteiger partial charge in [0.15, 0.2) is 0 Å². The Hall–Kier alpha value is -4.13. The fourth-order valence-corrected chi connectivity index (χ4v) is 2.68. The molecule has 0 unspecified atom stereocenters. The molecule has 0 aliphatic rings. The molecule has 7 heteroatoms. The minimum Gasteiger partial charge on any atom is -0.496 e.